The number of carbonyl (C=O) groups excluding carboxylic acids is 1. The second-order valence-electron chi connectivity index (χ2n) is 7.42. The molecule has 0 amide bonds. The molecule has 0 aliphatic rings. The number of phenols is 1. The molecule has 0 spiro atoms. The van der Waals surface area contributed by atoms with E-state index in [-0.39, 0.29) is 47.0 Å². The number of rotatable bonds is 8. The minimum atomic E-state index is -1.09. The Labute approximate surface area is 187 Å². The molecule has 2 heterocycles. The largest absolute Gasteiger partial charge is 0.508 e. The SMILES string of the molecule is CCOC(=O)c1sc2c(c1C)c(=O)n(CCc1ccccc1O)c(=O)n2CC(C)C(=O)O. The molecule has 2 aromatic heterocycles. The van der Waals surface area contributed by atoms with Crippen molar-refractivity contribution in [1.29, 1.82) is 0 Å². The Morgan fingerprint density at radius 2 is 1.88 bits per heavy atom. The number of carboxylic acid groups (broad SMARTS) is 1. The van der Waals surface area contributed by atoms with Gasteiger partial charge in [0, 0.05) is 13.1 Å². The normalized spacial score (nSPS) is 12.1. The lowest BCUT2D eigenvalue weighted by Crippen LogP contribution is -2.41. The highest BCUT2D eigenvalue weighted by Gasteiger charge is 2.25. The molecule has 1 aromatic carbocycles. The minimum Gasteiger partial charge on any atom is -0.508 e. The van der Waals surface area contributed by atoms with E-state index in [1.54, 1.807) is 32.0 Å². The lowest BCUT2D eigenvalue weighted by molar-refractivity contribution is -0.141. The monoisotopic (exact) mass is 460 g/mol. The number of fused-ring (bicyclic) bond motifs is 1. The van der Waals surface area contributed by atoms with Gasteiger partial charge in [-0.3, -0.25) is 18.7 Å². The molecule has 170 valence electrons. The van der Waals surface area contributed by atoms with Crippen molar-refractivity contribution in [2.24, 2.45) is 5.92 Å². The van der Waals surface area contributed by atoms with Crippen molar-refractivity contribution in [3.63, 3.8) is 0 Å². The predicted molar refractivity (Wildman–Crippen MR) is 120 cm³/mol. The molecule has 9 nitrogen and oxygen atoms in total. The Hall–Kier alpha value is -3.40. The van der Waals surface area contributed by atoms with E-state index in [9.17, 15) is 29.4 Å². The van der Waals surface area contributed by atoms with E-state index < -0.39 is 29.1 Å². The number of esters is 1. The van der Waals surface area contributed by atoms with Crippen LogP contribution < -0.4 is 11.2 Å². The van der Waals surface area contributed by atoms with Crippen molar-refractivity contribution >= 4 is 33.5 Å². The van der Waals surface area contributed by atoms with Crippen LogP contribution in [0.2, 0.25) is 0 Å². The van der Waals surface area contributed by atoms with Crippen LogP contribution in [-0.4, -0.2) is 37.9 Å². The second-order valence-corrected chi connectivity index (χ2v) is 8.42. The van der Waals surface area contributed by atoms with Gasteiger partial charge in [0.2, 0.25) is 0 Å². The van der Waals surface area contributed by atoms with E-state index in [4.69, 9.17) is 4.74 Å². The number of aromatic nitrogens is 2. The first-order valence-electron chi connectivity index (χ1n) is 10.1. The van der Waals surface area contributed by atoms with Crippen LogP contribution in [-0.2, 0) is 29.0 Å². The van der Waals surface area contributed by atoms with E-state index in [1.807, 2.05) is 0 Å². The molecule has 0 bridgehead atoms. The van der Waals surface area contributed by atoms with Crippen molar-refractivity contribution in [2.45, 2.75) is 40.3 Å². The van der Waals surface area contributed by atoms with E-state index in [2.05, 4.69) is 0 Å². The molecule has 1 atom stereocenters. The average Bonchev–Trinajstić information content (AvgIpc) is 3.09. The van der Waals surface area contributed by atoms with Crippen molar-refractivity contribution < 1.29 is 24.5 Å². The number of thiophene rings is 1. The number of nitrogens with zero attached hydrogens (tertiary/aromatic N) is 2. The van der Waals surface area contributed by atoms with Gasteiger partial charge >= 0.3 is 17.6 Å². The number of aryl methyl sites for hydroxylation is 2. The fourth-order valence-electron chi connectivity index (χ4n) is 3.45. The molecule has 2 N–H and O–H groups in total. The number of aliphatic carboxylic acids is 1. The van der Waals surface area contributed by atoms with Gasteiger partial charge < -0.3 is 14.9 Å². The maximum absolute atomic E-state index is 13.3. The number of hydrogen-bond donors (Lipinski definition) is 2. The van der Waals surface area contributed by atoms with Crippen LogP contribution in [0.3, 0.4) is 0 Å². The molecule has 0 aliphatic heterocycles. The number of para-hydroxylation sites is 1. The van der Waals surface area contributed by atoms with Crippen molar-refractivity contribution in [2.75, 3.05) is 6.61 Å². The molecule has 0 aliphatic carbocycles. The number of ether oxygens (including phenoxy) is 1. The molecular formula is C22H24N2O7S. The zero-order valence-electron chi connectivity index (χ0n) is 18.0. The van der Waals surface area contributed by atoms with E-state index in [0.717, 1.165) is 15.9 Å². The molecule has 10 heteroatoms. The lowest BCUT2D eigenvalue weighted by Gasteiger charge is -2.14. The number of aromatic hydroxyl groups is 1. The van der Waals surface area contributed by atoms with Gasteiger partial charge in [-0.2, -0.15) is 0 Å². The molecule has 32 heavy (non-hydrogen) atoms. The summed E-state index contributed by atoms with van der Waals surface area (Å²) in [5.74, 6) is -2.53. The van der Waals surface area contributed by atoms with Gasteiger partial charge in [0.15, 0.2) is 0 Å². The summed E-state index contributed by atoms with van der Waals surface area (Å²) in [6.45, 7) is 4.71. The Bertz CT molecular complexity index is 1300. The maximum Gasteiger partial charge on any atom is 0.348 e. The summed E-state index contributed by atoms with van der Waals surface area (Å²) in [5.41, 5.74) is -0.272. The summed E-state index contributed by atoms with van der Waals surface area (Å²) >= 11 is 0.948. The number of carboxylic acids is 1. The van der Waals surface area contributed by atoms with Crippen molar-refractivity contribution in [3.05, 3.63) is 61.1 Å². The Kier molecular flexibility index (Phi) is 6.83. The molecule has 3 rings (SSSR count). The Morgan fingerprint density at radius 3 is 2.50 bits per heavy atom. The Balaban J connectivity index is 2.21. The minimum absolute atomic E-state index is 0.0172. The first kappa shape index (κ1) is 23.3. The summed E-state index contributed by atoms with van der Waals surface area (Å²) < 4.78 is 7.33. The summed E-state index contributed by atoms with van der Waals surface area (Å²) in [7, 11) is 0. The topological polar surface area (TPSA) is 128 Å². The number of phenolic OH excluding ortho intramolecular Hbond substituents is 1. The van der Waals surface area contributed by atoms with Crippen LogP contribution in [0, 0.1) is 12.8 Å². The van der Waals surface area contributed by atoms with Gasteiger partial charge in [0.1, 0.15) is 15.5 Å². The lowest BCUT2D eigenvalue weighted by atomic mass is 10.1. The molecule has 0 fully saturated rings. The van der Waals surface area contributed by atoms with Crippen LogP contribution in [0.5, 0.6) is 5.75 Å². The van der Waals surface area contributed by atoms with E-state index in [0.29, 0.717) is 11.1 Å². The first-order valence-corrected chi connectivity index (χ1v) is 10.9. The van der Waals surface area contributed by atoms with Crippen LogP contribution in [0.25, 0.3) is 10.2 Å². The fraction of sp³-hybridized carbons (Fsp3) is 0.364. The van der Waals surface area contributed by atoms with Gasteiger partial charge in [-0.25, -0.2) is 9.59 Å². The zero-order chi connectivity index (χ0) is 23.6. The molecule has 0 radical (unpaired) electrons. The van der Waals surface area contributed by atoms with E-state index in [1.165, 1.54) is 17.6 Å². The van der Waals surface area contributed by atoms with Gasteiger partial charge in [-0.1, -0.05) is 25.1 Å². The fourth-order valence-corrected chi connectivity index (χ4v) is 4.65. The summed E-state index contributed by atoms with van der Waals surface area (Å²) in [4.78, 5) is 50.8. The summed E-state index contributed by atoms with van der Waals surface area (Å²) in [6, 6.07) is 6.62. The second kappa shape index (κ2) is 9.39. The highest BCUT2D eigenvalue weighted by Crippen LogP contribution is 2.29. The van der Waals surface area contributed by atoms with Gasteiger partial charge in [-0.15, -0.1) is 11.3 Å². The van der Waals surface area contributed by atoms with Gasteiger partial charge in [-0.05, 0) is 37.5 Å². The first-order chi connectivity index (χ1) is 15.2. The third-order valence-electron chi connectivity index (χ3n) is 5.23. The third kappa shape index (κ3) is 4.31. The maximum atomic E-state index is 13.3. The molecule has 0 saturated carbocycles. The highest BCUT2D eigenvalue weighted by atomic mass is 32.1. The van der Waals surface area contributed by atoms with Crippen molar-refractivity contribution in [3.8, 4) is 5.75 Å². The summed E-state index contributed by atoms with van der Waals surface area (Å²) in [6.07, 6.45) is 0.218. The van der Waals surface area contributed by atoms with Crippen LogP contribution in [0.1, 0.15) is 34.6 Å². The molecule has 0 saturated heterocycles. The average molecular weight is 461 g/mol. The van der Waals surface area contributed by atoms with Crippen LogP contribution in [0.15, 0.2) is 33.9 Å². The summed E-state index contributed by atoms with van der Waals surface area (Å²) in [5, 5.41) is 19.5. The number of hydrogen-bond acceptors (Lipinski definition) is 7. The predicted octanol–water partition coefficient (Wildman–Crippen LogP) is 2.38. The molecule has 1 unspecified atom stereocenters. The zero-order valence-corrected chi connectivity index (χ0v) is 18.8. The molecular weight excluding hydrogens is 436 g/mol. The third-order valence-corrected chi connectivity index (χ3v) is 6.52. The standard InChI is InChI=1S/C22H24N2O7S/c1-4-31-21(29)17-13(3)16-18(26)23(10-9-14-7-5-6-8-15(14)25)22(30)24(19(16)32-17)11-12(2)20(27)28/h5-8,12,25H,4,9-11H2,1-3H3,(H,27,28). The van der Waals surface area contributed by atoms with E-state index >= 15 is 0 Å². The van der Waals surface area contributed by atoms with Gasteiger partial charge in [0.25, 0.3) is 5.56 Å². The number of carbonyl (C=O) groups is 2. The smallest absolute Gasteiger partial charge is 0.348 e. The molecule has 3 aromatic rings. The van der Waals surface area contributed by atoms with Crippen LogP contribution >= 0.6 is 11.3 Å². The van der Waals surface area contributed by atoms with Crippen LogP contribution in [0.4, 0.5) is 0 Å². The van der Waals surface area contributed by atoms with Gasteiger partial charge in [0.05, 0.1) is 17.9 Å². The Morgan fingerprint density at radius 1 is 1.19 bits per heavy atom. The quantitative estimate of drug-likeness (QED) is 0.494. The number of benzene rings is 1. The van der Waals surface area contributed by atoms with Crippen molar-refractivity contribution in [1.82, 2.24) is 9.13 Å². The highest BCUT2D eigenvalue weighted by molar-refractivity contribution is 7.20.